The van der Waals surface area contributed by atoms with Gasteiger partial charge in [0.05, 0.1) is 11.8 Å². The van der Waals surface area contributed by atoms with Gasteiger partial charge in [-0.25, -0.2) is 8.42 Å². The lowest BCUT2D eigenvalue weighted by Crippen LogP contribution is -2.29. The van der Waals surface area contributed by atoms with Crippen LogP contribution in [0, 0.1) is 6.92 Å². The molecule has 5 nitrogen and oxygen atoms in total. The van der Waals surface area contributed by atoms with E-state index in [0.717, 1.165) is 16.7 Å². The summed E-state index contributed by atoms with van der Waals surface area (Å²) in [5.74, 6) is -0.239. The summed E-state index contributed by atoms with van der Waals surface area (Å²) in [5.41, 5.74) is 3.99. The highest BCUT2D eigenvalue weighted by atomic mass is 32.2. The van der Waals surface area contributed by atoms with Crippen LogP contribution >= 0.6 is 0 Å². The van der Waals surface area contributed by atoms with Crippen molar-refractivity contribution in [1.82, 2.24) is 5.32 Å². The van der Waals surface area contributed by atoms with Gasteiger partial charge in [-0.3, -0.25) is 9.52 Å². The molecular formula is C23H24N2O3S. The molecular weight excluding hydrogens is 384 g/mol. The number of benzene rings is 3. The number of nitrogens with one attached hydrogen (secondary N) is 2. The number of amides is 1. The zero-order chi connectivity index (χ0) is 20.9. The van der Waals surface area contributed by atoms with Crippen molar-refractivity contribution in [1.29, 1.82) is 0 Å². The summed E-state index contributed by atoms with van der Waals surface area (Å²) in [6.45, 7) is 3.59. The van der Waals surface area contributed by atoms with E-state index in [1.165, 1.54) is 0 Å². The highest BCUT2D eigenvalue weighted by molar-refractivity contribution is 7.92. The minimum absolute atomic E-state index is 0.00950. The molecule has 0 radical (unpaired) electrons. The maximum absolute atomic E-state index is 12.9. The molecule has 2 N–H and O–H groups in total. The average Bonchev–Trinajstić information content (AvgIpc) is 2.73. The molecule has 3 aromatic rings. The van der Waals surface area contributed by atoms with E-state index in [2.05, 4.69) is 10.0 Å². The van der Waals surface area contributed by atoms with E-state index in [9.17, 15) is 13.2 Å². The first kappa shape index (κ1) is 20.6. The Labute approximate surface area is 171 Å². The van der Waals surface area contributed by atoms with Crippen LogP contribution in [0.4, 0.5) is 5.69 Å². The maximum Gasteiger partial charge on any atom is 0.252 e. The van der Waals surface area contributed by atoms with Crippen molar-refractivity contribution in [2.24, 2.45) is 0 Å². The molecule has 1 amide bonds. The van der Waals surface area contributed by atoms with Crippen LogP contribution in [0.3, 0.4) is 0 Å². The van der Waals surface area contributed by atoms with Gasteiger partial charge in [-0.1, -0.05) is 54.6 Å². The number of hydrogen-bond acceptors (Lipinski definition) is 3. The van der Waals surface area contributed by atoms with Gasteiger partial charge in [-0.15, -0.1) is 0 Å². The zero-order valence-corrected chi connectivity index (χ0v) is 17.2. The van der Waals surface area contributed by atoms with Gasteiger partial charge in [0.1, 0.15) is 0 Å². The second kappa shape index (κ2) is 8.92. The molecule has 0 aliphatic heterocycles. The van der Waals surface area contributed by atoms with Crippen molar-refractivity contribution in [3.05, 3.63) is 101 Å². The Bertz CT molecular complexity index is 1080. The first-order valence-corrected chi connectivity index (χ1v) is 11.1. The molecule has 29 heavy (non-hydrogen) atoms. The summed E-state index contributed by atoms with van der Waals surface area (Å²) in [5, 5.41) is 3.11. The SMILES string of the molecule is CCS(=O)(=O)Nc1ccc(C(=O)NC(c2ccccc2)c2ccccc2C)cc1. The molecule has 0 heterocycles. The Balaban J connectivity index is 1.85. The third-order valence-corrected chi connectivity index (χ3v) is 6.02. The first-order valence-electron chi connectivity index (χ1n) is 9.41. The molecule has 0 spiro atoms. The van der Waals surface area contributed by atoms with Crippen molar-refractivity contribution in [3.8, 4) is 0 Å². The second-order valence-electron chi connectivity index (χ2n) is 6.76. The number of carbonyl (C=O) groups is 1. The van der Waals surface area contributed by atoms with Gasteiger partial charge < -0.3 is 5.32 Å². The first-order chi connectivity index (χ1) is 13.9. The van der Waals surface area contributed by atoms with Gasteiger partial charge in [0.15, 0.2) is 0 Å². The third kappa shape index (κ3) is 5.23. The van der Waals surface area contributed by atoms with Crippen molar-refractivity contribution in [3.63, 3.8) is 0 Å². The topological polar surface area (TPSA) is 75.3 Å². The van der Waals surface area contributed by atoms with Crippen LogP contribution in [0.5, 0.6) is 0 Å². The number of sulfonamides is 1. The molecule has 1 atom stereocenters. The standard InChI is InChI=1S/C23H24N2O3S/c1-3-29(27,28)25-20-15-13-19(14-16-20)23(26)24-22(18-10-5-4-6-11-18)21-12-8-7-9-17(21)2/h4-16,22,25H,3H2,1-2H3,(H,24,26). The lowest BCUT2D eigenvalue weighted by Gasteiger charge is -2.22. The fraction of sp³-hybridized carbons (Fsp3) is 0.174. The van der Waals surface area contributed by atoms with Gasteiger partial charge >= 0.3 is 0 Å². The molecule has 0 aliphatic carbocycles. The quantitative estimate of drug-likeness (QED) is 0.613. The Hall–Kier alpha value is -3.12. The van der Waals surface area contributed by atoms with E-state index < -0.39 is 10.0 Å². The van der Waals surface area contributed by atoms with E-state index in [0.29, 0.717) is 11.3 Å². The summed E-state index contributed by atoms with van der Waals surface area (Å²) in [7, 11) is -3.35. The number of hydrogen-bond donors (Lipinski definition) is 2. The lowest BCUT2D eigenvalue weighted by molar-refractivity contribution is 0.0943. The minimum Gasteiger partial charge on any atom is -0.341 e. The smallest absolute Gasteiger partial charge is 0.252 e. The second-order valence-corrected chi connectivity index (χ2v) is 8.77. The van der Waals surface area contributed by atoms with E-state index in [1.54, 1.807) is 31.2 Å². The molecule has 0 saturated carbocycles. The normalized spacial score (nSPS) is 12.2. The maximum atomic E-state index is 12.9. The van der Waals surface area contributed by atoms with Crippen molar-refractivity contribution < 1.29 is 13.2 Å². The highest BCUT2D eigenvalue weighted by Gasteiger charge is 2.19. The van der Waals surface area contributed by atoms with Gasteiger partial charge in [0, 0.05) is 11.3 Å². The average molecular weight is 409 g/mol. The van der Waals surface area contributed by atoms with Crippen LogP contribution in [0.2, 0.25) is 0 Å². The zero-order valence-electron chi connectivity index (χ0n) is 16.4. The van der Waals surface area contributed by atoms with Gasteiger partial charge in [-0.2, -0.15) is 0 Å². The Kier molecular flexibility index (Phi) is 6.34. The Morgan fingerprint density at radius 3 is 2.14 bits per heavy atom. The Morgan fingerprint density at radius 2 is 1.52 bits per heavy atom. The highest BCUT2D eigenvalue weighted by Crippen LogP contribution is 2.25. The third-order valence-electron chi connectivity index (χ3n) is 4.71. The van der Waals surface area contributed by atoms with Crippen LogP contribution in [-0.2, 0) is 10.0 Å². The molecule has 0 fully saturated rings. The van der Waals surface area contributed by atoms with E-state index >= 15 is 0 Å². The summed E-state index contributed by atoms with van der Waals surface area (Å²) in [4.78, 5) is 12.9. The van der Waals surface area contributed by atoms with Gasteiger partial charge in [0.25, 0.3) is 5.91 Å². The van der Waals surface area contributed by atoms with Crippen LogP contribution in [0.25, 0.3) is 0 Å². The van der Waals surface area contributed by atoms with Gasteiger partial charge in [-0.05, 0) is 54.8 Å². The van der Waals surface area contributed by atoms with Crippen molar-refractivity contribution in [2.75, 3.05) is 10.5 Å². The summed E-state index contributed by atoms with van der Waals surface area (Å²) in [6.07, 6.45) is 0. The molecule has 0 aromatic heterocycles. The summed E-state index contributed by atoms with van der Waals surface area (Å²) < 4.78 is 25.9. The largest absolute Gasteiger partial charge is 0.341 e. The van der Waals surface area contributed by atoms with Crippen LogP contribution in [-0.4, -0.2) is 20.1 Å². The summed E-state index contributed by atoms with van der Waals surface area (Å²) >= 11 is 0. The van der Waals surface area contributed by atoms with Crippen LogP contribution < -0.4 is 10.0 Å². The molecule has 0 saturated heterocycles. The van der Waals surface area contributed by atoms with E-state index in [-0.39, 0.29) is 17.7 Å². The molecule has 0 bridgehead atoms. The van der Waals surface area contributed by atoms with Crippen molar-refractivity contribution in [2.45, 2.75) is 19.9 Å². The fourth-order valence-electron chi connectivity index (χ4n) is 3.05. The van der Waals surface area contributed by atoms with Crippen molar-refractivity contribution >= 4 is 21.6 Å². The minimum atomic E-state index is -3.35. The molecule has 3 aromatic carbocycles. The van der Waals surface area contributed by atoms with Crippen LogP contribution in [0.15, 0.2) is 78.9 Å². The molecule has 1 unspecified atom stereocenters. The molecule has 6 heteroatoms. The Morgan fingerprint density at radius 1 is 0.897 bits per heavy atom. The monoisotopic (exact) mass is 408 g/mol. The van der Waals surface area contributed by atoms with E-state index in [1.807, 2.05) is 61.5 Å². The predicted octanol–water partition coefficient (Wildman–Crippen LogP) is 4.28. The molecule has 0 aliphatic rings. The summed E-state index contributed by atoms with van der Waals surface area (Å²) in [6, 6.07) is 23.9. The molecule has 150 valence electrons. The fourth-order valence-corrected chi connectivity index (χ4v) is 3.69. The van der Waals surface area contributed by atoms with Gasteiger partial charge in [0.2, 0.25) is 10.0 Å². The molecule has 3 rings (SSSR count). The number of aryl methyl sites for hydroxylation is 1. The van der Waals surface area contributed by atoms with Crippen LogP contribution in [0.1, 0.15) is 40.0 Å². The lowest BCUT2D eigenvalue weighted by atomic mass is 9.94. The number of anilines is 1. The number of carbonyl (C=O) groups excluding carboxylic acids is 1. The van der Waals surface area contributed by atoms with E-state index in [4.69, 9.17) is 0 Å². The predicted molar refractivity (Wildman–Crippen MR) is 116 cm³/mol. The number of rotatable bonds is 7.